The molecule has 0 unspecified atom stereocenters. The first-order valence-corrected chi connectivity index (χ1v) is 8.30. The summed E-state index contributed by atoms with van der Waals surface area (Å²) in [7, 11) is 3.69. The maximum atomic E-state index is 13.9. The summed E-state index contributed by atoms with van der Waals surface area (Å²) < 4.78 is 17.5. The molecule has 2 aromatic heterocycles. The molecule has 0 aliphatic heterocycles. The lowest BCUT2D eigenvalue weighted by molar-refractivity contribution is 0.249. The van der Waals surface area contributed by atoms with Gasteiger partial charge in [-0.1, -0.05) is 13.0 Å². The molecule has 0 aliphatic rings. The van der Waals surface area contributed by atoms with E-state index < -0.39 is 12.1 Å². The van der Waals surface area contributed by atoms with Gasteiger partial charge in [0.25, 0.3) is 0 Å². The van der Waals surface area contributed by atoms with E-state index in [1.54, 1.807) is 36.9 Å². The molecule has 26 heavy (non-hydrogen) atoms. The molecular weight excluding hydrogens is 335 g/mol. The molecular formula is C18H21FN6O. The monoisotopic (exact) mass is 356 g/mol. The second-order valence-electron chi connectivity index (χ2n) is 5.98. The number of aryl methyl sites for hydroxylation is 3. The van der Waals surface area contributed by atoms with Crippen LogP contribution < -0.4 is 10.6 Å². The molecule has 2 N–H and O–H groups in total. The summed E-state index contributed by atoms with van der Waals surface area (Å²) in [4.78, 5) is 21.1. The number of halogens is 1. The maximum Gasteiger partial charge on any atom is 0.320 e. The van der Waals surface area contributed by atoms with Crippen LogP contribution in [0.25, 0.3) is 0 Å². The molecule has 0 saturated carbocycles. The zero-order valence-corrected chi connectivity index (χ0v) is 14.9. The first kappa shape index (κ1) is 17.7. The van der Waals surface area contributed by atoms with Gasteiger partial charge < -0.3 is 19.8 Å². The van der Waals surface area contributed by atoms with E-state index in [1.165, 1.54) is 6.07 Å². The number of amides is 2. The van der Waals surface area contributed by atoms with E-state index in [4.69, 9.17) is 0 Å². The minimum atomic E-state index is -0.547. The summed E-state index contributed by atoms with van der Waals surface area (Å²) in [5, 5.41) is 5.52. The van der Waals surface area contributed by atoms with Gasteiger partial charge in [-0.05, 0) is 24.1 Å². The third kappa shape index (κ3) is 3.58. The highest BCUT2D eigenvalue weighted by Crippen LogP contribution is 2.19. The number of hydrogen-bond donors (Lipinski definition) is 2. The van der Waals surface area contributed by atoms with Gasteiger partial charge in [0.2, 0.25) is 0 Å². The van der Waals surface area contributed by atoms with E-state index >= 15 is 0 Å². The molecule has 3 rings (SSSR count). The standard InChI is InChI=1S/C18H21FN6O/c1-4-12-5-6-13(11-14(12)19)22-18(26)23-15(16-20-7-9-24(16)2)17-21-8-10-25(17)3/h5-11,15H,4H2,1-3H3,(H2,22,23,26). The van der Waals surface area contributed by atoms with Crippen molar-refractivity contribution in [3.05, 3.63) is 66.0 Å². The molecule has 0 bridgehead atoms. The fourth-order valence-corrected chi connectivity index (χ4v) is 2.77. The van der Waals surface area contributed by atoms with Crippen LogP contribution in [0.4, 0.5) is 14.9 Å². The number of rotatable bonds is 5. The van der Waals surface area contributed by atoms with E-state index in [9.17, 15) is 9.18 Å². The van der Waals surface area contributed by atoms with Crippen molar-refractivity contribution in [1.82, 2.24) is 24.4 Å². The van der Waals surface area contributed by atoms with E-state index in [1.807, 2.05) is 30.2 Å². The van der Waals surface area contributed by atoms with Crippen molar-refractivity contribution in [3.63, 3.8) is 0 Å². The van der Waals surface area contributed by atoms with Gasteiger partial charge >= 0.3 is 6.03 Å². The Morgan fingerprint density at radius 1 is 1.15 bits per heavy atom. The minimum Gasteiger partial charge on any atom is -0.336 e. The number of nitrogens with zero attached hydrogens (tertiary/aromatic N) is 4. The predicted octanol–water partition coefficient (Wildman–Crippen LogP) is 2.77. The fourth-order valence-electron chi connectivity index (χ4n) is 2.77. The maximum absolute atomic E-state index is 13.9. The van der Waals surface area contributed by atoms with E-state index in [0.717, 1.165) is 0 Å². The van der Waals surface area contributed by atoms with Crippen LogP contribution in [0, 0.1) is 5.82 Å². The molecule has 1 aromatic carbocycles. The lowest BCUT2D eigenvalue weighted by Gasteiger charge is -2.19. The Balaban J connectivity index is 1.81. The third-order valence-corrected chi connectivity index (χ3v) is 4.20. The summed E-state index contributed by atoms with van der Waals surface area (Å²) in [6.45, 7) is 1.88. The Kier molecular flexibility index (Phi) is 5.01. The number of urea groups is 1. The van der Waals surface area contributed by atoms with Gasteiger partial charge in [-0.2, -0.15) is 0 Å². The number of carbonyl (C=O) groups excluding carboxylic acids is 1. The lowest BCUT2D eigenvalue weighted by atomic mass is 10.1. The van der Waals surface area contributed by atoms with Gasteiger partial charge in [-0.25, -0.2) is 19.2 Å². The Hall–Kier alpha value is -3.16. The van der Waals surface area contributed by atoms with E-state index in [0.29, 0.717) is 29.3 Å². The average Bonchev–Trinajstić information content (AvgIpc) is 3.21. The molecule has 3 aromatic rings. The number of imidazole rings is 2. The van der Waals surface area contributed by atoms with Gasteiger partial charge in [0.05, 0.1) is 0 Å². The molecule has 0 radical (unpaired) electrons. The Morgan fingerprint density at radius 2 is 1.77 bits per heavy atom. The zero-order chi connectivity index (χ0) is 18.7. The second kappa shape index (κ2) is 7.38. The lowest BCUT2D eigenvalue weighted by Crippen LogP contribution is -2.35. The molecule has 2 heterocycles. The second-order valence-corrected chi connectivity index (χ2v) is 5.98. The molecule has 7 nitrogen and oxygen atoms in total. The van der Waals surface area contributed by atoms with Crippen molar-refractivity contribution in [1.29, 1.82) is 0 Å². The van der Waals surface area contributed by atoms with Crippen LogP contribution >= 0.6 is 0 Å². The zero-order valence-electron chi connectivity index (χ0n) is 14.9. The number of benzene rings is 1. The van der Waals surface area contributed by atoms with Gasteiger partial charge in [-0.15, -0.1) is 0 Å². The van der Waals surface area contributed by atoms with Crippen molar-refractivity contribution >= 4 is 11.7 Å². The van der Waals surface area contributed by atoms with Gasteiger partial charge in [0, 0.05) is 44.6 Å². The molecule has 8 heteroatoms. The van der Waals surface area contributed by atoms with Crippen LogP contribution in [-0.2, 0) is 20.5 Å². The normalized spacial score (nSPS) is 11.0. The number of hydrogen-bond acceptors (Lipinski definition) is 3. The molecule has 0 aliphatic carbocycles. The van der Waals surface area contributed by atoms with Gasteiger partial charge in [-0.3, -0.25) is 0 Å². The van der Waals surface area contributed by atoms with Crippen LogP contribution in [0.1, 0.15) is 30.2 Å². The minimum absolute atomic E-state index is 0.338. The number of aromatic nitrogens is 4. The van der Waals surface area contributed by atoms with Crippen LogP contribution in [0.2, 0.25) is 0 Å². The summed E-state index contributed by atoms with van der Waals surface area (Å²) in [5.74, 6) is 0.943. The topological polar surface area (TPSA) is 76.8 Å². The number of carbonyl (C=O) groups is 1. The number of anilines is 1. The highest BCUT2D eigenvalue weighted by Gasteiger charge is 2.24. The van der Waals surface area contributed by atoms with E-state index in [2.05, 4.69) is 20.6 Å². The van der Waals surface area contributed by atoms with Crippen LogP contribution in [-0.4, -0.2) is 25.1 Å². The third-order valence-electron chi connectivity index (χ3n) is 4.20. The SMILES string of the molecule is CCc1ccc(NC(=O)NC(c2nccn2C)c2nccn2C)cc1F. The average molecular weight is 356 g/mol. The van der Waals surface area contributed by atoms with Gasteiger partial charge in [0.15, 0.2) is 0 Å². The fraction of sp³-hybridized carbons (Fsp3) is 0.278. The van der Waals surface area contributed by atoms with Crippen LogP contribution in [0.5, 0.6) is 0 Å². The Labute approximate surface area is 150 Å². The molecule has 2 amide bonds. The van der Waals surface area contributed by atoms with Crippen LogP contribution in [0.15, 0.2) is 43.0 Å². The highest BCUT2D eigenvalue weighted by molar-refractivity contribution is 5.89. The quantitative estimate of drug-likeness (QED) is 0.738. The van der Waals surface area contributed by atoms with E-state index in [-0.39, 0.29) is 5.82 Å². The molecule has 0 atom stereocenters. The molecule has 136 valence electrons. The van der Waals surface area contributed by atoms with Crippen molar-refractivity contribution in [2.45, 2.75) is 19.4 Å². The highest BCUT2D eigenvalue weighted by atomic mass is 19.1. The van der Waals surface area contributed by atoms with Crippen molar-refractivity contribution in [2.75, 3.05) is 5.32 Å². The predicted molar refractivity (Wildman–Crippen MR) is 96.2 cm³/mol. The summed E-state index contributed by atoms with van der Waals surface area (Å²) in [6, 6.07) is 3.65. The first-order valence-electron chi connectivity index (χ1n) is 8.30. The van der Waals surface area contributed by atoms with Crippen LogP contribution in [0.3, 0.4) is 0 Å². The molecule has 0 spiro atoms. The van der Waals surface area contributed by atoms with Crippen molar-refractivity contribution in [3.8, 4) is 0 Å². The van der Waals surface area contributed by atoms with Crippen molar-refractivity contribution in [2.24, 2.45) is 14.1 Å². The van der Waals surface area contributed by atoms with Crippen molar-refractivity contribution < 1.29 is 9.18 Å². The summed E-state index contributed by atoms with van der Waals surface area (Å²) in [6.07, 6.45) is 7.50. The Morgan fingerprint density at radius 3 is 2.23 bits per heavy atom. The Bertz CT molecular complexity index is 876. The van der Waals surface area contributed by atoms with Gasteiger partial charge in [0.1, 0.15) is 23.5 Å². The largest absolute Gasteiger partial charge is 0.336 e. The summed E-state index contributed by atoms with van der Waals surface area (Å²) >= 11 is 0. The number of nitrogens with one attached hydrogen (secondary N) is 2. The summed E-state index contributed by atoms with van der Waals surface area (Å²) in [5.41, 5.74) is 0.991. The molecule has 0 fully saturated rings. The first-order chi connectivity index (χ1) is 12.5. The smallest absolute Gasteiger partial charge is 0.320 e. The molecule has 0 saturated heterocycles.